The Labute approximate surface area is 161 Å². The highest BCUT2D eigenvalue weighted by molar-refractivity contribution is 8.00. The van der Waals surface area contributed by atoms with E-state index >= 15 is 0 Å². The van der Waals surface area contributed by atoms with Crippen molar-refractivity contribution in [2.24, 2.45) is 0 Å². The minimum Gasteiger partial charge on any atom is -0.457 e. The van der Waals surface area contributed by atoms with Crippen LogP contribution in [0.2, 0.25) is 0 Å². The van der Waals surface area contributed by atoms with Gasteiger partial charge >= 0.3 is 5.97 Å². The molecule has 1 atom stereocenters. The molecule has 1 heterocycles. The number of benzene rings is 2. The van der Waals surface area contributed by atoms with Gasteiger partial charge in [0.2, 0.25) is 5.44 Å². The van der Waals surface area contributed by atoms with Crippen molar-refractivity contribution >= 4 is 29.5 Å². The SMILES string of the molecule is CC(C)(C)OC(=O)C(ON1C(=O)c2ccccc2C1=O)Sc1ccccc1. The molecule has 0 fully saturated rings. The maximum atomic E-state index is 12.6. The minimum atomic E-state index is -1.21. The highest BCUT2D eigenvalue weighted by atomic mass is 32.2. The second kappa shape index (κ2) is 7.54. The van der Waals surface area contributed by atoms with E-state index in [1.165, 1.54) is 0 Å². The van der Waals surface area contributed by atoms with Gasteiger partial charge in [0.05, 0.1) is 11.1 Å². The number of hydrogen-bond donors (Lipinski definition) is 0. The standard InChI is InChI=1S/C20H19NO5S/c1-20(2,3)25-18(24)19(27-13-9-5-4-6-10-13)26-21-16(22)14-11-7-8-12-15(14)17(21)23/h4-12,19H,1-3H3. The maximum absolute atomic E-state index is 12.6. The summed E-state index contributed by atoms with van der Waals surface area (Å²) in [6.07, 6.45) is 0. The first-order valence-corrected chi connectivity index (χ1v) is 9.23. The van der Waals surface area contributed by atoms with E-state index in [0.717, 1.165) is 16.7 Å². The third-order valence-electron chi connectivity index (χ3n) is 3.54. The van der Waals surface area contributed by atoms with Crippen LogP contribution in [0.5, 0.6) is 0 Å². The molecule has 0 aliphatic carbocycles. The molecule has 0 N–H and O–H groups in total. The Morgan fingerprint density at radius 3 is 1.96 bits per heavy atom. The molecule has 2 aromatic carbocycles. The third kappa shape index (κ3) is 4.37. The molecule has 2 amide bonds. The van der Waals surface area contributed by atoms with Crippen molar-refractivity contribution in [3.8, 4) is 0 Å². The first kappa shape index (κ1) is 19.1. The lowest BCUT2D eigenvalue weighted by molar-refractivity contribution is -0.176. The summed E-state index contributed by atoms with van der Waals surface area (Å²) in [7, 11) is 0. The first-order valence-electron chi connectivity index (χ1n) is 8.35. The van der Waals surface area contributed by atoms with Gasteiger partial charge in [0.25, 0.3) is 11.8 Å². The topological polar surface area (TPSA) is 72.9 Å². The molecule has 1 aliphatic rings. The minimum absolute atomic E-state index is 0.246. The molecule has 2 aromatic rings. The number of amides is 2. The van der Waals surface area contributed by atoms with Gasteiger partial charge in [-0.2, -0.15) is 0 Å². The normalized spacial score (nSPS) is 14.9. The molecule has 3 rings (SSSR count). The van der Waals surface area contributed by atoms with Crippen LogP contribution >= 0.6 is 11.8 Å². The number of thioether (sulfide) groups is 1. The van der Waals surface area contributed by atoms with Crippen molar-refractivity contribution in [3.63, 3.8) is 0 Å². The molecule has 1 unspecified atom stereocenters. The number of carbonyl (C=O) groups is 3. The Bertz CT molecular complexity index is 840. The fourth-order valence-corrected chi connectivity index (χ4v) is 3.28. The van der Waals surface area contributed by atoms with Gasteiger partial charge < -0.3 is 4.74 Å². The van der Waals surface area contributed by atoms with Crippen LogP contribution < -0.4 is 0 Å². The second-order valence-corrected chi connectivity index (χ2v) is 7.99. The summed E-state index contributed by atoms with van der Waals surface area (Å²) < 4.78 is 5.40. The number of carbonyl (C=O) groups excluding carboxylic acids is 3. The summed E-state index contributed by atoms with van der Waals surface area (Å²) >= 11 is 1.06. The summed E-state index contributed by atoms with van der Waals surface area (Å²) in [6.45, 7) is 5.20. The van der Waals surface area contributed by atoms with Crippen molar-refractivity contribution in [3.05, 3.63) is 65.7 Å². The van der Waals surface area contributed by atoms with Crippen molar-refractivity contribution in [1.29, 1.82) is 0 Å². The number of nitrogens with zero attached hydrogens (tertiary/aromatic N) is 1. The van der Waals surface area contributed by atoms with Crippen LogP contribution in [0.15, 0.2) is 59.5 Å². The van der Waals surface area contributed by atoms with E-state index in [1.807, 2.05) is 18.2 Å². The van der Waals surface area contributed by atoms with Crippen LogP contribution in [0.3, 0.4) is 0 Å². The number of imide groups is 1. The Balaban J connectivity index is 1.84. The van der Waals surface area contributed by atoms with E-state index < -0.39 is 28.8 Å². The predicted molar refractivity (Wildman–Crippen MR) is 100.0 cm³/mol. The zero-order valence-corrected chi connectivity index (χ0v) is 16.0. The molecular formula is C20H19NO5S. The Hall–Kier alpha value is -2.64. The van der Waals surface area contributed by atoms with Gasteiger partial charge in [0.15, 0.2) is 0 Å². The number of fused-ring (bicyclic) bond motifs is 1. The molecule has 1 aliphatic heterocycles. The van der Waals surface area contributed by atoms with Crippen molar-refractivity contribution in [1.82, 2.24) is 5.06 Å². The van der Waals surface area contributed by atoms with Gasteiger partial charge in [-0.15, -0.1) is 5.06 Å². The Kier molecular flexibility index (Phi) is 5.34. The van der Waals surface area contributed by atoms with E-state index in [9.17, 15) is 14.4 Å². The van der Waals surface area contributed by atoms with Gasteiger partial charge in [0, 0.05) is 4.90 Å². The van der Waals surface area contributed by atoms with Crippen LogP contribution in [0, 0.1) is 0 Å². The highest BCUT2D eigenvalue weighted by Gasteiger charge is 2.40. The lowest BCUT2D eigenvalue weighted by atomic mass is 10.1. The lowest BCUT2D eigenvalue weighted by Gasteiger charge is -2.25. The average Bonchev–Trinajstić information content (AvgIpc) is 2.86. The highest BCUT2D eigenvalue weighted by Crippen LogP contribution is 2.30. The van der Waals surface area contributed by atoms with Gasteiger partial charge in [0.1, 0.15) is 5.60 Å². The molecule has 7 heteroatoms. The summed E-state index contributed by atoms with van der Waals surface area (Å²) in [5.74, 6) is -1.87. The summed E-state index contributed by atoms with van der Waals surface area (Å²) in [5, 5.41) is 0.634. The third-order valence-corrected chi connectivity index (χ3v) is 4.58. The molecule has 0 saturated carbocycles. The van der Waals surface area contributed by atoms with E-state index in [4.69, 9.17) is 9.57 Å². The van der Waals surface area contributed by atoms with Crippen LogP contribution in [-0.4, -0.2) is 33.9 Å². The smallest absolute Gasteiger partial charge is 0.349 e. The van der Waals surface area contributed by atoms with Crippen LogP contribution in [0.25, 0.3) is 0 Å². The van der Waals surface area contributed by atoms with Gasteiger partial charge in [-0.25, -0.2) is 9.63 Å². The van der Waals surface area contributed by atoms with E-state index in [2.05, 4.69) is 0 Å². The number of hydroxylamine groups is 2. The molecule has 0 spiro atoms. The van der Waals surface area contributed by atoms with E-state index in [-0.39, 0.29) is 11.1 Å². The predicted octanol–water partition coefficient (Wildman–Crippen LogP) is 3.67. The number of ether oxygens (including phenoxy) is 1. The molecule has 0 radical (unpaired) electrons. The quantitative estimate of drug-likeness (QED) is 0.338. The van der Waals surface area contributed by atoms with Gasteiger partial charge in [-0.05, 0) is 45.0 Å². The summed E-state index contributed by atoms with van der Waals surface area (Å²) in [6, 6.07) is 15.5. The maximum Gasteiger partial charge on any atom is 0.349 e. The molecule has 0 aromatic heterocycles. The summed E-state index contributed by atoms with van der Waals surface area (Å²) in [4.78, 5) is 44.0. The second-order valence-electron chi connectivity index (χ2n) is 6.85. The van der Waals surface area contributed by atoms with E-state index in [1.54, 1.807) is 57.2 Å². The number of rotatable bonds is 5. The molecule has 0 saturated heterocycles. The van der Waals surface area contributed by atoms with E-state index in [0.29, 0.717) is 5.06 Å². The molecule has 140 valence electrons. The van der Waals surface area contributed by atoms with Crippen LogP contribution in [-0.2, 0) is 14.4 Å². The van der Waals surface area contributed by atoms with Gasteiger partial charge in [-0.1, -0.05) is 42.1 Å². The molecular weight excluding hydrogens is 366 g/mol. The number of esters is 1. The van der Waals surface area contributed by atoms with Crippen LogP contribution in [0.4, 0.5) is 0 Å². The van der Waals surface area contributed by atoms with Crippen molar-refractivity contribution in [2.45, 2.75) is 36.7 Å². The molecule has 27 heavy (non-hydrogen) atoms. The lowest BCUT2D eigenvalue weighted by Crippen LogP contribution is -2.39. The fraction of sp³-hybridized carbons (Fsp3) is 0.250. The fourth-order valence-electron chi connectivity index (χ4n) is 2.44. The van der Waals surface area contributed by atoms with Crippen LogP contribution in [0.1, 0.15) is 41.5 Å². The molecule has 6 nitrogen and oxygen atoms in total. The Morgan fingerprint density at radius 2 is 1.44 bits per heavy atom. The monoisotopic (exact) mass is 385 g/mol. The summed E-state index contributed by atoms with van der Waals surface area (Å²) in [5.41, 5.74) is -1.46. The Morgan fingerprint density at radius 1 is 0.926 bits per heavy atom. The zero-order chi connectivity index (χ0) is 19.6. The zero-order valence-electron chi connectivity index (χ0n) is 15.2. The van der Waals surface area contributed by atoms with Gasteiger partial charge in [-0.3, -0.25) is 9.59 Å². The first-order chi connectivity index (χ1) is 12.8. The largest absolute Gasteiger partial charge is 0.457 e. The van der Waals surface area contributed by atoms with Crippen molar-refractivity contribution < 1.29 is 24.0 Å². The molecule has 0 bridgehead atoms. The number of hydrogen-bond acceptors (Lipinski definition) is 6. The average molecular weight is 385 g/mol. The van der Waals surface area contributed by atoms with Crippen molar-refractivity contribution in [2.75, 3.05) is 0 Å².